The number of esters is 1. The van der Waals surface area contributed by atoms with Gasteiger partial charge < -0.3 is 14.8 Å². The second-order valence-corrected chi connectivity index (χ2v) is 2.88. The van der Waals surface area contributed by atoms with E-state index in [1.165, 1.54) is 13.2 Å². The van der Waals surface area contributed by atoms with Crippen molar-refractivity contribution in [3.05, 3.63) is 28.0 Å². The molecular formula is C8H9NO3S. The van der Waals surface area contributed by atoms with Gasteiger partial charge in [0, 0.05) is 10.2 Å². The average Bonchev–Trinajstić information content (AvgIpc) is 2.15. The van der Waals surface area contributed by atoms with Crippen molar-refractivity contribution >= 4 is 18.2 Å². The van der Waals surface area contributed by atoms with Crippen molar-refractivity contribution in [3.63, 3.8) is 0 Å². The Morgan fingerprint density at radius 3 is 2.92 bits per heavy atom. The van der Waals surface area contributed by atoms with Crippen LogP contribution in [0.4, 0.5) is 0 Å². The fourth-order valence-electron chi connectivity index (χ4n) is 0.906. The number of aliphatic hydroxyl groups is 1. The number of nitrogens with one attached hydrogen (secondary N) is 1. The first-order valence-electron chi connectivity index (χ1n) is 3.60. The molecule has 2 N–H and O–H groups in total. The molecule has 0 radical (unpaired) electrons. The number of hydrogen-bond donors (Lipinski definition) is 2. The Labute approximate surface area is 80.2 Å². The summed E-state index contributed by atoms with van der Waals surface area (Å²) in [4.78, 5) is 13.7. The Hall–Kier alpha value is -1.20. The van der Waals surface area contributed by atoms with Gasteiger partial charge in [0.05, 0.1) is 13.7 Å². The SMILES string of the molecule is COC(=O)c1cc(=S)cc(CO)[nH]1. The minimum atomic E-state index is -0.499. The number of hydrogen-bond acceptors (Lipinski definition) is 4. The molecule has 0 bridgehead atoms. The summed E-state index contributed by atoms with van der Waals surface area (Å²) in [6.07, 6.45) is 0. The van der Waals surface area contributed by atoms with Gasteiger partial charge in [0.2, 0.25) is 0 Å². The number of carbonyl (C=O) groups is 1. The summed E-state index contributed by atoms with van der Waals surface area (Å²) in [6.45, 7) is -0.186. The summed E-state index contributed by atoms with van der Waals surface area (Å²) in [5, 5.41) is 8.81. The van der Waals surface area contributed by atoms with Gasteiger partial charge in [0.1, 0.15) is 5.69 Å². The predicted octanol–water partition coefficient (Wildman–Crippen LogP) is 1.02. The van der Waals surface area contributed by atoms with E-state index in [-0.39, 0.29) is 12.3 Å². The molecule has 70 valence electrons. The van der Waals surface area contributed by atoms with Crippen molar-refractivity contribution in [3.8, 4) is 0 Å². The first kappa shape index (κ1) is 9.88. The maximum absolute atomic E-state index is 11.1. The van der Waals surface area contributed by atoms with Crippen molar-refractivity contribution in [2.24, 2.45) is 0 Å². The Kier molecular flexibility index (Phi) is 3.16. The molecule has 5 heteroatoms. The van der Waals surface area contributed by atoms with Crippen LogP contribution >= 0.6 is 12.2 Å². The van der Waals surface area contributed by atoms with Gasteiger partial charge in [-0.05, 0) is 12.1 Å². The third kappa shape index (κ3) is 2.37. The molecule has 0 saturated carbocycles. The van der Waals surface area contributed by atoms with Crippen molar-refractivity contribution in [2.75, 3.05) is 7.11 Å². The summed E-state index contributed by atoms with van der Waals surface area (Å²) in [5.41, 5.74) is 0.743. The lowest BCUT2D eigenvalue weighted by atomic mass is 10.3. The molecule has 0 amide bonds. The molecule has 0 aliphatic heterocycles. The molecule has 0 aliphatic rings. The molecule has 0 unspecified atom stereocenters. The molecule has 4 nitrogen and oxygen atoms in total. The van der Waals surface area contributed by atoms with E-state index in [9.17, 15) is 4.79 Å². The van der Waals surface area contributed by atoms with Gasteiger partial charge in [-0.25, -0.2) is 4.79 Å². The molecule has 1 aromatic rings. The van der Waals surface area contributed by atoms with Crippen LogP contribution in [0.5, 0.6) is 0 Å². The molecule has 1 heterocycles. The number of rotatable bonds is 2. The van der Waals surface area contributed by atoms with Crippen molar-refractivity contribution in [1.29, 1.82) is 0 Å². The van der Waals surface area contributed by atoms with Crippen LogP contribution in [0.25, 0.3) is 0 Å². The highest BCUT2D eigenvalue weighted by atomic mass is 32.1. The summed E-state index contributed by atoms with van der Waals surface area (Å²) in [6, 6.07) is 3.07. The monoisotopic (exact) mass is 199 g/mol. The molecule has 0 fully saturated rings. The van der Waals surface area contributed by atoms with Crippen molar-refractivity contribution in [1.82, 2.24) is 4.98 Å². The summed E-state index contributed by atoms with van der Waals surface area (Å²) in [7, 11) is 1.28. The smallest absolute Gasteiger partial charge is 0.354 e. The highest BCUT2D eigenvalue weighted by molar-refractivity contribution is 7.71. The lowest BCUT2D eigenvalue weighted by molar-refractivity contribution is 0.0593. The van der Waals surface area contributed by atoms with Crippen molar-refractivity contribution in [2.45, 2.75) is 6.61 Å². The number of pyridine rings is 1. The fourth-order valence-corrected chi connectivity index (χ4v) is 1.17. The summed E-state index contributed by atoms with van der Waals surface area (Å²) in [5.74, 6) is -0.499. The zero-order valence-electron chi connectivity index (χ0n) is 7.03. The minimum Gasteiger partial charge on any atom is -0.464 e. The third-order valence-corrected chi connectivity index (χ3v) is 1.71. The van der Waals surface area contributed by atoms with Gasteiger partial charge in [-0.3, -0.25) is 0 Å². The third-order valence-electron chi connectivity index (χ3n) is 1.47. The number of aliphatic hydroxyl groups excluding tert-OH is 1. The van der Waals surface area contributed by atoms with E-state index < -0.39 is 5.97 Å². The van der Waals surface area contributed by atoms with Gasteiger partial charge in [0.15, 0.2) is 0 Å². The van der Waals surface area contributed by atoms with Gasteiger partial charge in [-0.2, -0.15) is 0 Å². The van der Waals surface area contributed by atoms with Gasteiger partial charge in [-0.15, -0.1) is 0 Å². The molecule has 0 aromatic carbocycles. The topological polar surface area (TPSA) is 62.3 Å². The fraction of sp³-hybridized carbons (Fsp3) is 0.250. The highest BCUT2D eigenvalue weighted by Gasteiger charge is 2.06. The standard InChI is InChI=1S/C8H9NO3S/c1-12-8(11)7-3-6(13)2-5(4-10)9-7/h2-3,10H,4H2,1H3,(H,9,13). The van der Waals surface area contributed by atoms with Crippen LogP contribution in [0.3, 0.4) is 0 Å². The van der Waals surface area contributed by atoms with Crippen LogP contribution in [-0.2, 0) is 11.3 Å². The molecule has 0 aliphatic carbocycles. The van der Waals surface area contributed by atoms with Gasteiger partial charge in [-0.1, -0.05) is 12.2 Å². The number of ether oxygens (including phenoxy) is 1. The second-order valence-electron chi connectivity index (χ2n) is 2.40. The first-order valence-corrected chi connectivity index (χ1v) is 4.00. The van der Waals surface area contributed by atoms with Crippen LogP contribution in [0, 0.1) is 4.51 Å². The molecule has 1 rings (SSSR count). The number of methoxy groups -OCH3 is 1. The maximum Gasteiger partial charge on any atom is 0.354 e. The van der Waals surface area contributed by atoms with Gasteiger partial charge >= 0.3 is 5.97 Å². The van der Waals surface area contributed by atoms with Gasteiger partial charge in [0.25, 0.3) is 0 Å². The maximum atomic E-state index is 11.1. The number of aromatic amines is 1. The zero-order valence-corrected chi connectivity index (χ0v) is 7.85. The molecule has 0 spiro atoms. The lowest BCUT2D eigenvalue weighted by Crippen LogP contribution is -2.06. The normalized spacial score (nSPS) is 9.69. The molecule has 0 saturated heterocycles. The van der Waals surface area contributed by atoms with Crippen LogP contribution in [0.2, 0.25) is 0 Å². The van der Waals surface area contributed by atoms with E-state index in [1.54, 1.807) is 6.07 Å². The quantitative estimate of drug-likeness (QED) is 0.551. The molecule has 0 atom stereocenters. The molecule has 13 heavy (non-hydrogen) atoms. The Morgan fingerprint density at radius 1 is 1.69 bits per heavy atom. The van der Waals surface area contributed by atoms with E-state index in [2.05, 4.69) is 9.72 Å². The minimum absolute atomic E-state index is 0.186. The van der Waals surface area contributed by atoms with E-state index in [4.69, 9.17) is 17.3 Å². The predicted molar refractivity (Wildman–Crippen MR) is 48.9 cm³/mol. The number of aromatic nitrogens is 1. The van der Waals surface area contributed by atoms with E-state index >= 15 is 0 Å². The van der Waals surface area contributed by atoms with Crippen LogP contribution in [0.1, 0.15) is 16.2 Å². The lowest BCUT2D eigenvalue weighted by Gasteiger charge is -2.02. The Balaban J connectivity index is 3.16. The number of H-pyrrole nitrogens is 1. The zero-order chi connectivity index (χ0) is 9.84. The van der Waals surface area contributed by atoms with Crippen LogP contribution in [0.15, 0.2) is 12.1 Å². The van der Waals surface area contributed by atoms with Crippen LogP contribution in [-0.4, -0.2) is 23.2 Å². The summed E-state index contributed by atoms with van der Waals surface area (Å²) >= 11 is 4.88. The molecule has 1 aromatic heterocycles. The second kappa shape index (κ2) is 4.15. The highest BCUT2D eigenvalue weighted by Crippen LogP contribution is 2.03. The summed E-state index contributed by atoms with van der Waals surface area (Å²) < 4.78 is 4.98. The van der Waals surface area contributed by atoms with Crippen molar-refractivity contribution < 1.29 is 14.6 Å². The van der Waals surface area contributed by atoms with Crippen LogP contribution < -0.4 is 0 Å². The van der Waals surface area contributed by atoms with E-state index in [0.29, 0.717) is 10.2 Å². The Bertz CT molecular complexity index is 372. The Morgan fingerprint density at radius 2 is 2.38 bits per heavy atom. The van der Waals surface area contributed by atoms with E-state index in [0.717, 1.165) is 0 Å². The average molecular weight is 199 g/mol. The molecular weight excluding hydrogens is 190 g/mol. The largest absolute Gasteiger partial charge is 0.464 e. The van der Waals surface area contributed by atoms with E-state index in [1.807, 2.05) is 0 Å². The number of carbonyl (C=O) groups excluding carboxylic acids is 1. The first-order chi connectivity index (χ1) is 6.17.